The highest BCUT2D eigenvalue weighted by atomic mass is 16.5. The fourth-order valence-electron chi connectivity index (χ4n) is 1.47. The lowest BCUT2D eigenvalue weighted by Crippen LogP contribution is -2.05. The Morgan fingerprint density at radius 1 is 1.23 bits per heavy atom. The van der Waals surface area contributed by atoms with Gasteiger partial charge in [0.25, 0.3) is 0 Å². The second-order valence-electron chi connectivity index (χ2n) is 2.99. The first-order chi connectivity index (χ1) is 6.42. The van der Waals surface area contributed by atoms with Gasteiger partial charge in [-0.2, -0.15) is 0 Å². The van der Waals surface area contributed by atoms with E-state index in [9.17, 15) is 0 Å². The van der Waals surface area contributed by atoms with Crippen LogP contribution in [0.25, 0.3) is 0 Å². The van der Waals surface area contributed by atoms with Gasteiger partial charge in [-0.1, -0.05) is 36.3 Å². The summed E-state index contributed by atoms with van der Waals surface area (Å²) in [4.78, 5) is 0. The van der Waals surface area contributed by atoms with Crippen molar-refractivity contribution in [3.63, 3.8) is 0 Å². The number of hydrogen-bond donors (Lipinski definition) is 0. The minimum absolute atomic E-state index is 0.00574. The summed E-state index contributed by atoms with van der Waals surface area (Å²) in [6, 6.07) is 10.0. The molecule has 0 fully saturated rings. The Morgan fingerprint density at radius 3 is 2.69 bits per heavy atom. The van der Waals surface area contributed by atoms with Crippen LogP contribution in [0.5, 0.6) is 0 Å². The third-order valence-corrected chi connectivity index (χ3v) is 2.16. The average molecular weight is 170 g/mol. The summed E-state index contributed by atoms with van der Waals surface area (Å²) in [6.07, 6.45) is 8.98. The third-order valence-electron chi connectivity index (χ3n) is 2.16. The van der Waals surface area contributed by atoms with Crippen molar-refractivity contribution in [3.05, 3.63) is 48.2 Å². The molecule has 2 atom stereocenters. The van der Waals surface area contributed by atoms with Crippen LogP contribution in [-0.4, -0.2) is 0 Å². The van der Waals surface area contributed by atoms with E-state index < -0.39 is 0 Å². The van der Waals surface area contributed by atoms with E-state index in [0.29, 0.717) is 0 Å². The lowest BCUT2D eigenvalue weighted by Gasteiger charge is -2.14. The van der Waals surface area contributed by atoms with Crippen LogP contribution in [0.2, 0.25) is 0 Å². The molecule has 1 aromatic rings. The summed E-state index contributed by atoms with van der Waals surface area (Å²) in [7, 11) is 0. The first-order valence-corrected chi connectivity index (χ1v) is 4.25. The Kier molecular flexibility index (Phi) is 2.06. The van der Waals surface area contributed by atoms with Crippen molar-refractivity contribution in [2.45, 2.75) is 6.10 Å². The predicted molar refractivity (Wildman–Crippen MR) is 51.7 cm³/mol. The van der Waals surface area contributed by atoms with E-state index >= 15 is 0 Å². The van der Waals surface area contributed by atoms with Gasteiger partial charge in [-0.05, 0) is 11.6 Å². The molecule has 0 spiro atoms. The zero-order chi connectivity index (χ0) is 9.10. The van der Waals surface area contributed by atoms with E-state index in [4.69, 9.17) is 11.2 Å². The molecule has 0 saturated heterocycles. The quantitative estimate of drug-likeness (QED) is 0.588. The molecule has 0 bridgehead atoms. The van der Waals surface area contributed by atoms with Gasteiger partial charge in [0.1, 0.15) is 6.10 Å². The van der Waals surface area contributed by atoms with Gasteiger partial charge in [0.15, 0.2) is 0 Å². The van der Waals surface area contributed by atoms with Crippen molar-refractivity contribution >= 4 is 0 Å². The van der Waals surface area contributed by atoms with Crippen LogP contribution in [0, 0.1) is 18.3 Å². The molecule has 0 saturated carbocycles. The molecule has 1 heterocycles. The van der Waals surface area contributed by atoms with Gasteiger partial charge < -0.3 is 4.74 Å². The predicted octanol–water partition coefficient (Wildman–Crippen LogP) is 2.52. The standard InChI is InChI=1S/C12H10O/c1-2-10-8-9-13-12(10)11-6-4-3-5-7-11/h1,3-10,12H/t10-,12-/m0/s1. The monoisotopic (exact) mass is 170 g/mol. The van der Waals surface area contributed by atoms with Crippen LogP contribution in [0.3, 0.4) is 0 Å². The number of hydrogen-bond acceptors (Lipinski definition) is 1. The molecule has 13 heavy (non-hydrogen) atoms. The summed E-state index contributed by atoms with van der Waals surface area (Å²) < 4.78 is 5.42. The van der Waals surface area contributed by atoms with E-state index in [1.807, 2.05) is 36.4 Å². The SMILES string of the molecule is C#C[C@H]1C=CO[C@@H]1c1ccccc1. The molecule has 0 amide bonds. The van der Waals surface area contributed by atoms with Crippen molar-refractivity contribution < 1.29 is 4.74 Å². The smallest absolute Gasteiger partial charge is 0.140 e. The molecule has 1 aliphatic rings. The molecule has 2 rings (SSSR count). The van der Waals surface area contributed by atoms with E-state index in [1.54, 1.807) is 6.26 Å². The molecule has 0 N–H and O–H groups in total. The highest BCUT2D eigenvalue weighted by Crippen LogP contribution is 2.31. The van der Waals surface area contributed by atoms with Crippen LogP contribution in [-0.2, 0) is 4.74 Å². The molecular weight excluding hydrogens is 160 g/mol. The Bertz CT molecular complexity index is 345. The van der Waals surface area contributed by atoms with Crippen LogP contribution >= 0.6 is 0 Å². The van der Waals surface area contributed by atoms with Crippen molar-refractivity contribution in [2.24, 2.45) is 5.92 Å². The van der Waals surface area contributed by atoms with Crippen molar-refractivity contribution in [3.8, 4) is 12.3 Å². The van der Waals surface area contributed by atoms with E-state index in [-0.39, 0.29) is 12.0 Å². The minimum Gasteiger partial charge on any atom is -0.492 e. The van der Waals surface area contributed by atoms with Gasteiger partial charge >= 0.3 is 0 Å². The maximum Gasteiger partial charge on any atom is 0.140 e. The second kappa shape index (κ2) is 3.37. The fourth-order valence-corrected chi connectivity index (χ4v) is 1.47. The van der Waals surface area contributed by atoms with Crippen molar-refractivity contribution in [1.82, 2.24) is 0 Å². The van der Waals surface area contributed by atoms with E-state index in [2.05, 4.69) is 5.92 Å². The van der Waals surface area contributed by atoms with Crippen LogP contribution in [0.15, 0.2) is 42.7 Å². The molecule has 1 aliphatic heterocycles. The lowest BCUT2D eigenvalue weighted by atomic mass is 9.98. The zero-order valence-electron chi connectivity index (χ0n) is 7.18. The maximum absolute atomic E-state index is 5.42. The molecule has 1 aromatic carbocycles. The van der Waals surface area contributed by atoms with E-state index in [0.717, 1.165) is 5.56 Å². The first-order valence-electron chi connectivity index (χ1n) is 4.25. The number of ether oxygens (including phenoxy) is 1. The van der Waals surface area contributed by atoms with Gasteiger partial charge in [-0.25, -0.2) is 0 Å². The molecule has 0 aliphatic carbocycles. The largest absolute Gasteiger partial charge is 0.492 e. The molecule has 0 unspecified atom stereocenters. The Hall–Kier alpha value is -1.68. The molecule has 1 heteroatoms. The Morgan fingerprint density at radius 2 is 2.00 bits per heavy atom. The van der Waals surface area contributed by atoms with Gasteiger partial charge in [-0.3, -0.25) is 0 Å². The summed E-state index contributed by atoms with van der Waals surface area (Å²) in [5.41, 5.74) is 1.13. The van der Waals surface area contributed by atoms with Crippen LogP contribution in [0.4, 0.5) is 0 Å². The molecule has 1 nitrogen and oxygen atoms in total. The number of benzene rings is 1. The molecule has 0 aromatic heterocycles. The molecule has 0 radical (unpaired) electrons. The summed E-state index contributed by atoms with van der Waals surface area (Å²) in [5.74, 6) is 2.77. The maximum atomic E-state index is 5.42. The second-order valence-corrected chi connectivity index (χ2v) is 2.99. The summed E-state index contributed by atoms with van der Waals surface area (Å²) in [6.45, 7) is 0. The van der Waals surface area contributed by atoms with Crippen LogP contribution < -0.4 is 0 Å². The van der Waals surface area contributed by atoms with E-state index in [1.165, 1.54) is 0 Å². The Balaban J connectivity index is 2.25. The fraction of sp³-hybridized carbons (Fsp3) is 0.167. The topological polar surface area (TPSA) is 9.23 Å². The van der Waals surface area contributed by atoms with Crippen LogP contribution in [0.1, 0.15) is 11.7 Å². The average Bonchev–Trinajstić information content (AvgIpc) is 2.67. The van der Waals surface area contributed by atoms with Gasteiger partial charge in [0, 0.05) is 0 Å². The number of terminal acetylenes is 1. The molecule has 64 valence electrons. The summed E-state index contributed by atoms with van der Waals surface area (Å²) in [5, 5.41) is 0. The Labute approximate surface area is 78.0 Å². The van der Waals surface area contributed by atoms with Gasteiger partial charge in [0.05, 0.1) is 12.2 Å². The minimum atomic E-state index is 0.00574. The van der Waals surface area contributed by atoms with Crippen molar-refractivity contribution in [2.75, 3.05) is 0 Å². The highest BCUT2D eigenvalue weighted by Gasteiger charge is 2.23. The normalized spacial score (nSPS) is 25.2. The van der Waals surface area contributed by atoms with Gasteiger partial charge in [-0.15, -0.1) is 6.42 Å². The van der Waals surface area contributed by atoms with Gasteiger partial charge in [0.2, 0.25) is 0 Å². The van der Waals surface area contributed by atoms with Crippen molar-refractivity contribution in [1.29, 1.82) is 0 Å². The third kappa shape index (κ3) is 1.43. The summed E-state index contributed by atoms with van der Waals surface area (Å²) >= 11 is 0. The number of rotatable bonds is 1. The zero-order valence-corrected chi connectivity index (χ0v) is 7.18. The highest BCUT2D eigenvalue weighted by molar-refractivity contribution is 5.25. The molecular formula is C12H10O. The first kappa shape index (κ1) is 7.94. The lowest BCUT2D eigenvalue weighted by molar-refractivity contribution is 0.154.